The van der Waals surface area contributed by atoms with Crippen molar-refractivity contribution >= 4 is 17.4 Å². The van der Waals surface area contributed by atoms with E-state index in [9.17, 15) is 4.79 Å². The van der Waals surface area contributed by atoms with Crippen LogP contribution in [0.15, 0.2) is 29.4 Å². The van der Waals surface area contributed by atoms with Crippen molar-refractivity contribution in [1.29, 1.82) is 0 Å². The van der Waals surface area contributed by atoms with Gasteiger partial charge in [-0.1, -0.05) is 24.2 Å². The van der Waals surface area contributed by atoms with Gasteiger partial charge < -0.3 is 20.6 Å². The van der Waals surface area contributed by atoms with Crippen LogP contribution in [0.3, 0.4) is 0 Å². The van der Waals surface area contributed by atoms with Crippen molar-refractivity contribution in [2.75, 3.05) is 18.6 Å². The number of hydrogen-bond donors (Lipinski definition) is 2. The summed E-state index contributed by atoms with van der Waals surface area (Å²) in [6.45, 7) is 2.65. The van der Waals surface area contributed by atoms with Crippen LogP contribution in [-0.2, 0) is 9.53 Å². The average molecular weight is 291 g/mol. The van der Waals surface area contributed by atoms with Gasteiger partial charge in [-0.3, -0.25) is 4.79 Å². The Morgan fingerprint density at radius 3 is 3.00 bits per heavy atom. The molecule has 6 heteroatoms. The van der Waals surface area contributed by atoms with E-state index in [-0.39, 0.29) is 23.8 Å². The van der Waals surface area contributed by atoms with Crippen molar-refractivity contribution in [3.63, 3.8) is 0 Å². The van der Waals surface area contributed by atoms with E-state index in [0.717, 1.165) is 12.8 Å². The fourth-order valence-corrected chi connectivity index (χ4v) is 2.64. The van der Waals surface area contributed by atoms with E-state index in [0.29, 0.717) is 17.9 Å². The fraction of sp³-hybridized carbons (Fsp3) is 0.467. The van der Waals surface area contributed by atoms with Crippen molar-refractivity contribution in [2.24, 2.45) is 16.8 Å². The van der Waals surface area contributed by atoms with E-state index < -0.39 is 0 Å². The number of carbonyl (C=O) groups is 1. The van der Waals surface area contributed by atoms with E-state index in [1.807, 2.05) is 13.0 Å². The first-order valence-corrected chi connectivity index (χ1v) is 7.05. The number of nitrogens with zero attached hydrogens (tertiary/aromatic N) is 2. The molecule has 2 atom stereocenters. The predicted molar refractivity (Wildman–Crippen MR) is 80.5 cm³/mol. The Bertz CT molecular complexity index is 545. The van der Waals surface area contributed by atoms with Crippen LogP contribution in [-0.4, -0.2) is 36.7 Å². The van der Waals surface area contributed by atoms with Crippen LogP contribution in [0.25, 0.3) is 0 Å². The molecule has 0 aromatic heterocycles. The highest BCUT2D eigenvalue weighted by Crippen LogP contribution is 2.27. The van der Waals surface area contributed by atoms with Crippen LogP contribution in [0.5, 0.6) is 0 Å². The van der Waals surface area contributed by atoms with Gasteiger partial charge in [0.05, 0.1) is 12.0 Å². The summed E-state index contributed by atoms with van der Waals surface area (Å²) in [4.78, 5) is 14.2. The zero-order valence-electron chi connectivity index (χ0n) is 12.3. The highest BCUT2D eigenvalue weighted by molar-refractivity contribution is 6.00. The van der Waals surface area contributed by atoms with E-state index in [1.54, 1.807) is 30.1 Å². The summed E-state index contributed by atoms with van der Waals surface area (Å²) < 4.78 is 5.58. The number of benzene rings is 1. The Hall–Kier alpha value is -2.08. The molecule has 2 rings (SSSR count). The topological polar surface area (TPSA) is 88.2 Å². The van der Waals surface area contributed by atoms with Crippen molar-refractivity contribution in [3.8, 4) is 0 Å². The Morgan fingerprint density at radius 2 is 2.33 bits per heavy atom. The number of amides is 1. The van der Waals surface area contributed by atoms with Gasteiger partial charge in [-0.2, -0.15) is 0 Å². The molecule has 1 heterocycles. The number of amidine groups is 1. The van der Waals surface area contributed by atoms with Gasteiger partial charge in [0.1, 0.15) is 0 Å². The average Bonchev–Trinajstić information content (AvgIpc) is 3.01. The molecule has 1 aliphatic rings. The molecule has 3 N–H and O–H groups in total. The van der Waals surface area contributed by atoms with E-state index in [2.05, 4.69) is 5.16 Å². The van der Waals surface area contributed by atoms with Crippen LogP contribution in [0.4, 0.5) is 5.69 Å². The SMILES string of the molecule is CCC1OCCC1C(=O)N(C)c1cccc(/C(N)=N/O)c1. The number of rotatable bonds is 4. The Balaban J connectivity index is 2.19. The van der Waals surface area contributed by atoms with Gasteiger partial charge in [0.2, 0.25) is 5.91 Å². The maximum Gasteiger partial charge on any atom is 0.232 e. The van der Waals surface area contributed by atoms with Crippen molar-refractivity contribution < 1.29 is 14.7 Å². The molecule has 0 bridgehead atoms. The number of anilines is 1. The summed E-state index contributed by atoms with van der Waals surface area (Å²) in [5.74, 6) is -0.0446. The van der Waals surface area contributed by atoms with Gasteiger partial charge in [-0.15, -0.1) is 0 Å². The molecule has 1 fully saturated rings. The molecular weight excluding hydrogens is 270 g/mol. The number of carbonyl (C=O) groups excluding carboxylic acids is 1. The quantitative estimate of drug-likeness (QED) is 0.381. The number of nitrogens with two attached hydrogens (primary N) is 1. The van der Waals surface area contributed by atoms with Crippen molar-refractivity contribution in [3.05, 3.63) is 29.8 Å². The lowest BCUT2D eigenvalue weighted by molar-refractivity contribution is -0.123. The van der Waals surface area contributed by atoms with Crippen molar-refractivity contribution in [2.45, 2.75) is 25.9 Å². The van der Waals surface area contributed by atoms with E-state index in [1.165, 1.54) is 0 Å². The minimum atomic E-state index is -0.104. The van der Waals surface area contributed by atoms with Crippen LogP contribution in [0.2, 0.25) is 0 Å². The van der Waals surface area contributed by atoms with Gasteiger partial charge >= 0.3 is 0 Å². The standard InChI is InChI=1S/C15H21N3O3/c1-3-13-12(7-8-21-13)15(19)18(2)11-6-4-5-10(9-11)14(16)17-20/h4-6,9,12-13,20H,3,7-8H2,1-2H3,(H2,16,17). The van der Waals surface area contributed by atoms with Crippen LogP contribution >= 0.6 is 0 Å². The summed E-state index contributed by atoms with van der Waals surface area (Å²) in [6.07, 6.45) is 1.57. The molecule has 1 aromatic carbocycles. The second kappa shape index (κ2) is 6.58. The zero-order chi connectivity index (χ0) is 15.4. The summed E-state index contributed by atoms with van der Waals surface area (Å²) >= 11 is 0. The molecule has 0 saturated carbocycles. The summed E-state index contributed by atoms with van der Waals surface area (Å²) in [7, 11) is 1.73. The first-order valence-electron chi connectivity index (χ1n) is 7.05. The van der Waals surface area contributed by atoms with Crippen molar-refractivity contribution in [1.82, 2.24) is 0 Å². The Morgan fingerprint density at radius 1 is 1.57 bits per heavy atom. The molecule has 1 amide bonds. The van der Waals surface area contributed by atoms with Gasteiger partial charge in [-0.05, 0) is 25.0 Å². The largest absolute Gasteiger partial charge is 0.409 e. The Kier molecular flexibility index (Phi) is 4.80. The number of hydrogen-bond acceptors (Lipinski definition) is 4. The summed E-state index contributed by atoms with van der Waals surface area (Å²) in [5, 5.41) is 11.7. The molecule has 1 aliphatic heterocycles. The monoisotopic (exact) mass is 291 g/mol. The molecule has 0 spiro atoms. The van der Waals surface area contributed by atoms with Gasteiger partial charge in [0.15, 0.2) is 5.84 Å². The Labute approximate surface area is 124 Å². The number of ether oxygens (including phenoxy) is 1. The molecular formula is C15H21N3O3. The van der Waals surface area contributed by atoms with Crippen LogP contribution < -0.4 is 10.6 Å². The maximum absolute atomic E-state index is 12.6. The molecule has 21 heavy (non-hydrogen) atoms. The summed E-state index contributed by atoms with van der Waals surface area (Å²) in [6, 6.07) is 7.05. The smallest absolute Gasteiger partial charge is 0.232 e. The molecule has 1 aromatic rings. The molecule has 6 nitrogen and oxygen atoms in total. The van der Waals surface area contributed by atoms with E-state index in [4.69, 9.17) is 15.7 Å². The second-order valence-electron chi connectivity index (χ2n) is 5.15. The minimum Gasteiger partial charge on any atom is -0.409 e. The second-order valence-corrected chi connectivity index (χ2v) is 5.15. The predicted octanol–water partition coefficient (Wildman–Crippen LogP) is 1.56. The third-order valence-corrected chi connectivity index (χ3v) is 3.90. The molecule has 0 aliphatic carbocycles. The molecule has 0 radical (unpaired) electrons. The molecule has 114 valence electrons. The minimum absolute atomic E-state index is 0.00722. The molecule has 1 saturated heterocycles. The van der Waals surface area contributed by atoms with Crippen LogP contribution in [0, 0.1) is 5.92 Å². The van der Waals surface area contributed by atoms with Gasteiger partial charge in [0.25, 0.3) is 0 Å². The zero-order valence-corrected chi connectivity index (χ0v) is 12.3. The van der Waals surface area contributed by atoms with E-state index >= 15 is 0 Å². The highest BCUT2D eigenvalue weighted by atomic mass is 16.5. The highest BCUT2D eigenvalue weighted by Gasteiger charge is 2.34. The lowest BCUT2D eigenvalue weighted by Crippen LogP contribution is -2.36. The summed E-state index contributed by atoms with van der Waals surface area (Å²) in [5.41, 5.74) is 6.87. The lowest BCUT2D eigenvalue weighted by atomic mass is 9.98. The molecule has 2 unspecified atom stereocenters. The maximum atomic E-state index is 12.6. The lowest BCUT2D eigenvalue weighted by Gasteiger charge is -2.24. The van der Waals surface area contributed by atoms with Gasteiger partial charge in [0, 0.05) is 24.9 Å². The fourth-order valence-electron chi connectivity index (χ4n) is 2.64. The first kappa shape index (κ1) is 15.3. The van der Waals surface area contributed by atoms with Gasteiger partial charge in [-0.25, -0.2) is 0 Å². The first-order chi connectivity index (χ1) is 10.1. The normalized spacial score (nSPS) is 22.3. The third-order valence-electron chi connectivity index (χ3n) is 3.90. The third kappa shape index (κ3) is 3.16. The number of oxime groups is 1. The van der Waals surface area contributed by atoms with Crippen LogP contribution in [0.1, 0.15) is 25.3 Å².